The molecule has 218 valence electrons. The van der Waals surface area contributed by atoms with E-state index < -0.39 is 65.6 Å². The third-order valence-corrected chi connectivity index (χ3v) is 8.90. The minimum atomic E-state index is -2.66. The molecule has 38 heavy (non-hydrogen) atoms. The number of hydrogen-bond donors (Lipinski definition) is 6. The summed E-state index contributed by atoms with van der Waals surface area (Å²) in [6.07, 6.45) is 7.43. The van der Waals surface area contributed by atoms with Crippen molar-refractivity contribution in [2.24, 2.45) is 11.8 Å². The van der Waals surface area contributed by atoms with Gasteiger partial charge in [0.15, 0.2) is 0 Å². The van der Waals surface area contributed by atoms with Crippen molar-refractivity contribution in [3.05, 3.63) is 23.8 Å². The van der Waals surface area contributed by atoms with Crippen LogP contribution >= 0.6 is 23.4 Å². The molecule has 1 amide bonds. The van der Waals surface area contributed by atoms with E-state index in [1.165, 1.54) is 11.8 Å². The molecule has 5 unspecified atom stereocenters. The molecule has 1 saturated heterocycles. The number of aliphatic hydroxyl groups is 3. The van der Waals surface area contributed by atoms with Gasteiger partial charge in [-0.05, 0) is 45.4 Å². The van der Waals surface area contributed by atoms with E-state index in [9.17, 15) is 28.9 Å². The van der Waals surface area contributed by atoms with Crippen molar-refractivity contribution in [2.45, 2.75) is 86.2 Å². The average molecular weight is 582 g/mol. The molecule has 1 saturated carbocycles. The van der Waals surface area contributed by atoms with Crippen molar-refractivity contribution in [1.29, 1.82) is 0 Å². The van der Waals surface area contributed by atoms with Crippen LogP contribution in [0.15, 0.2) is 23.8 Å². The lowest BCUT2D eigenvalue weighted by Crippen LogP contribution is -2.64. The smallest absolute Gasteiger partial charge is 0.263 e. The van der Waals surface area contributed by atoms with Crippen molar-refractivity contribution in [3.8, 4) is 0 Å². The molecule has 0 spiro atoms. The second-order valence-electron chi connectivity index (χ2n) is 10.4. The summed E-state index contributed by atoms with van der Waals surface area (Å²) in [5.74, 6) is -4.29. The first-order chi connectivity index (χ1) is 18.1. The average Bonchev–Trinajstić information content (AvgIpc) is 3.07. The first kappa shape index (κ1) is 31.7. The fourth-order valence-electron chi connectivity index (χ4n) is 5.10. The minimum Gasteiger partial charge on any atom is -0.396 e. The molecule has 0 aromatic heterocycles. The highest BCUT2D eigenvalue weighted by Gasteiger charge is 2.48. The zero-order chi connectivity index (χ0) is 27.9. The van der Waals surface area contributed by atoms with Gasteiger partial charge in [0.2, 0.25) is 5.91 Å². The quantitative estimate of drug-likeness (QED) is 0.152. The highest BCUT2D eigenvalue weighted by molar-refractivity contribution is 7.99. The zero-order valence-electron chi connectivity index (χ0n) is 22.0. The van der Waals surface area contributed by atoms with Gasteiger partial charge >= 0.3 is 0 Å². The molecule has 0 aromatic carbocycles. The van der Waals surface area contributed by atoms with Crippen LogP contribution in [0.2, 0.25) is 0 Å². The molecule has 0 bridgehead atoms. The molecule has 2 fully saturated rings. The maximum absolute atomic E-state index is 14.0. The molecule has 0 radical (unpaired) electrons. The summed E-state index contributed by atoms with van der Waals surface area (Å²) in [6.45, 7) is 1.84. The second-order valence-corrected chi connectivity index (χ2v) is 12.1. The second kappa shape index (κ2) is 14.7. The van der Waals surface area contributed by atoms with Crippen LogP contribution in [0.1, 0.15) is 39.0 Å². The summed E-state index contributed by atoms with van der Waals surface area (Å²) in [6, 6.07) is -1.29. The van der Waals surface area contributed by atoms with Crippen molar-refractivity contribution < 1.29 is 33.6 Å². The summed E-state index contributed by atoms with van der Waals surface area (Å²) in [5.41, 5.74) is 0.332. The Bertz CT molecular complexity index is 833. The number of hydrogen-bond acceptors (Lipinski definition) is 8. The van der Waals surface area contributed by atoms with Gasteiger partial charge in [-0.25, -0.2) is 8.78 Å². The van der Waals surface area contributed by atoms with Gasteiger partial charge in [0, 0.05) is 18.4 Å². The van der Waals surface area contributed by atoms with Gasteiger partial charge in [0.05, 0.1) is 42.8 Å². The number of amides is 1. The third kappa shape index (κ3) is 8.13. The Morgan fingerprint density at radius 3 is 2.71 bits per heavy atom. The SMILES string of the molecule is CSC1OC([C@H](NC(=O)[C@@H]2CC=C(/C=C/CNCC(F)(F)C3CCC3)CCN2)[C@H](C)Cl)C(O)C(CO)C1O. The van der Waals surface area contributed by atoms with E-state index in [1.54, 1.807) is 13.2 Å². The molecule has 1 aliphatic carbocycles. The van der Waals surface area contributed by atoms with Crippen LogP contribution < -0.4 is 16.0 Å². The number of ether oxygens (including phenoxy) is 1. The highest BCUT2D eigenvalue weighted by atomic mass is 35.5. The predicted molar refractivity (Wildman–Crippen MR) is 145 cm³/mol. The van der Waals surface area contributed by atoms with E-state index in [-0.39, 0.29) is 12.5 Å². The maximum Gasteiger partial charge on any atom is 0.263 e. The van der Waals surface area contributed by atoms with Gasteiger partial charge in [-0.15, -0.1) is 23.4 Å². The molecule has 0 aromatic rings. The van der Waals surface area contributed by atoms with Crippen LogP contribution in [0.25, 0.3) is 0 Å². The Morgan fingerprint density at radius 2 is 2.11 bits per heavy atom. The van der Waals surface area contributed by atoms with Crippen LogP contribution in [0.5, 0.6) is 0 Å². The van der Waals surface area contributed by atoms with Crippen LogP contribution in [0.3, 0.4) is 0 Å². The Hall–Kier alpha value is -0.790. The zero-order valence-corrected chi connectivity index (χ0v) is 23.6. The molecule has 2 heterocycles. The molecule has 2 aliphatic heterocycles. The molecule has 3 aliphatic rings. The Morgan fingerprint density at radius 1 is 1.37 bits per heavy atom. The van der Waals surface area contributed by atoms with Gasteiger partial charge in [0.1, 0.15) is 11.5 Å². The minimum absolute atomic E-state index is 0.299. The van der Waals surface area contributed by atoms with Crippen LogP contribution in [0, 0.1) is 11.8 Å². The monoisotopic (exact) mass is 581 g/mol. The lowest BCUT2D eigenvalue weighted by Gasteiger charge is -2.45. The first-order valence-corrected chi connectivity index (χ1v) is 15.1. The molecule has 8 nitrogen and oxygen atoms in total. The Balaban J connectivity index is 1.53. The lowest BCUT2D eigenvalue weighted by atomic mass is 9.80. The summed E-state index contributed by atoms with van der Waals surface area (Å²) in [7, 11) is 0. The number of halogens is 3. The number of carbonyl (C=O) groups is 1. The largest absolute Gasteiger partial charge is 0.396 e. The van der Waals surface area contributed by atoms with Gasteiger partial charge in [-0.1, -0.05) is 30.2 Å². The van der Waals surface area contributed by atoms with Crippen molar-refractivity contribution in [3.63, 3.8) is 0 Å². The van der Waals surface area contributed by atoms with Crippen LogP contribution in [0.4, 0.5) is 8.78 Å². The fraction of sp³-hybridized carbons (Fsp3) is 0.808. The third-order valence-electron chi connectivity index (χ3n) is 7.78. The van der Waals surface area contributed by atoms with E-state index in [2.05, 4.69) is 16.0 Å². The number of carbonyl (C=O) groups excluding carboxylic acids is 1. The van der Waals surface area contributed by atoms with E-state index in [0.717, 1.165) is 12.0 Å². The number of allylic oxidation sites excluding steroid dienone is 1. The van der Waals surface area contributed by atoms with Crippen LogP contribution in [-0.4, -0.2) is 101 Å². The molecule has 3 rings (SSSR count). The van der Waals surface area contributed by atoms with Crippen molar-refractivity contribution in [2.75, 3.05) is 32.5 Å². The van der Waals surface area contributed by atoms with E-state index in [4.69, 9.17) is 16.3 Å². The van der Waals surface area contributed by atoms with Gasteiger partial charge < -0.3 is 36.0 Å². The molecule has 8 atom stereocenters. The molecule has 6 N–H and O–H groups in total. The number of alkyl halides is 3. The van der Waals surface area contributed by atoms with Gasteiger partial charge in [-0.3, -0.25) is 4.79 Å². The fourth-order valence-corrected chi connectivity index (χ4v) is 6.02. The van der Waals surface area contributed by atoms with Crippen molar-refractivity contribution >= 4 is 29.3 Å². The normalized spacial score (nSPS) is 32.8. The van der Waals surface area contributed by atoms with Crippen LogP contribution in [-0.2, 0) is 9.53 Å². The Kier molecular flexibility index (Phi) is 12.3. The number of thioether (sulfide) groups is 1. The molecular formula is C26H42ClF2N3O5S. The van der Waals surface area contributed by atoms with E-state index in [0.29, 0.717) is 38.8 Å². The highest BCUT2D eigenvalue weighted by Crippen LogP contribution is 2.39. The Labute approximate surface area is 233 Å². The van der Waals surface area contributed by atoms with E-state index in [1.807, 2.05) is 18.2 Å². The summed E-state index contributed by atoms with van der Waals surface area (Å²) in [5, 5.41) is 39.3. The standard InChI is InChI=1S/C26H42ClF2N3O5S/c1-15(27)20(23-21(34)18(13-33)22(35)25(37-23)38-2)32-24(36)19-9-8-16(10-12-31-19)5-4-11-30-14-26(28,29)17-6-3-7-17/h4-5,8,15,17-23,25,30-31,33-35H,3,6-7,9-14H2,1-2H3,(H,32,36)/b5-4+/t15-,18?,19-,20+,21?,22?,23?,25?/m0/s1. The predicted octanol–water partition coefficient (Wildman–Crippen LogP) is 1.78. The van der Waals surface area contributed by atoms with Gasteiger partial charge in [-0.2, -0.15) is 0 Å². The van der Waals surface area contributed by atoms with Crippen molar-refractivity contribution in [1.82, 2.24) is 16.0 Å². The topological polar surface area (TPSA) is 123 Å². The number of aliphatic hydroxyl groups excluding tert-OH is 3. The van der Waals surface area contributed by atoms with E-state index >= 15 is 0 Å². The number of rotatable bonds is 12. The summed E-state index contributed by atoms with van der Waals surface area (Å²) >= 11 is 7.66. The summed E-state index contributed by atoms with van der Waals surface area (Å²) in [4.78, 5) is 13.2. The van der Waals surface area contributed by atoms with Gasteiger partial charge in [0.25, 0.3) is 5.92 Å². The maximum atomic E-state index is 14.0. The summed E-state index contributed by atoms with van der Waals surface area (Å²) < 4.78 is 33.9. The first-order valence-electron chi connectivity index (χ1n) is 13.4. The number of nitrogens with one attached hydrogen (secondary N) is 3. The molecular weight excluding hydrogens is 540 g/mol. The molecule has 12 heteroatoms. The lowest BCUT2D eigenvalue weighted by molar-refractivity contribution is -0.188.